The summed E-state index contributed by atoms with van der Waals surface area (Å²) in [5.41, 5.74) is 4.37. The topological polar surface area (TPSA) is 125 Å². The van der Waals surface area contributed by atoms with Crippen molar-refractivity contribution in [3.05, 3.63) is 53.1 Å². The Morgan fingerprint density at radius 3 is 2.64 bits per heavy atom. The summed E-state index contributed by atoms with van der Waals surface area (Å²) in [6.45, 7) is 7.59. The lowest BCUT2D eigenvalue weighted by molar-refractivity contribution is -0.122. The largest absolute Gasteiger partial charge is 0.490 e. The standard InChI is InChI=1S/C27H31N5O4/c1-17(2)35-24-7-6-22(13-23(24)14-28)27-30-26(31-36-27)21-5-4-19-8-10-32(11-9-20(19)12-21)16-25(34)29-15-18(3)33/h4-7,12-13,17-18,33H,8-11,15-16H2,1-3H3,(H,29,34)/t18-/m0/s1. The number of aliphatic hydroxyl groups is 1. The average Bonchev–Trinajstić information content (AvgIpc) is 3.26. The van der Waals surface area contributed by atoms with Crippen LogP contribution in [0.2, 0.25) is 0 Å². The Morgan fingerprint density at radius 1 is 1.17 bits per heavy atom. The summed E-state index contributed by atoms with van der Waals surface area (Å²) in [5, 5.41) is 25.8. The zero-order valence-electron chi connectivity index (χ0n) is 20.8. The number of carbonyl (C=O) groups excluding carboxylic acids is 1. The molecule has 2 aromatic carbocycles. The molecule has 1 aliphatic heterocycles. The fourth-order valence-electron chi connectivity index (χ4n) is 4.15. The Bertz CT molecular complexity index is 1260. The summed E-state index contributed by atoms with van der Waals surface area (Å²) < 4.78 is 11.2. The second kappa shape index (κ2) is 11.3. The summed E-state index contributed by atoms with van der Waals surface area (Å²) >= 11 is 0. The van der Waals surface area contributed by atoms with Crippen LogP contribution in [0.4, 0.5) is 0 Å². The van der Waals surface area contributed by atoms with E-state index in [4.69, 9.17) is 9.26 Å². The first kappa shape index (κ1) is 25.4. The molecule has 9 nitrogen and oxygen atoms in total. The number of rotatable bonds is 8. The number of aromatic nitrogens is 2. The second-order valence-corrected chi connectivity index (χ2v) is 9.33. The summed E-state index contributed by atoms with van der Waals surface area (Å²) in [6, 6.07) is 13.6. The monoisotopic (exact) mass is 489 g/mol. The van der Waals surface area contributed by atoms with Gasteiger partial charge in [0.25, 0.3) is 5.89 Å². The van der Waals surface area contributed by atoms with Gasteiger partial charge in [0.2, 0.25) is 11.7 Å². The van der Waals surface area contributed by atoms with Gasteiger partial charge in [-0.3, -0.25) is 9.69 Å². The van der Waals surface area contributed by atoms with Crippen molar-refractivity contribution < 1.29 is 19.2 Å². The van der Waals surface area contributed by atoms with E-state index in [0.717, 1.165) is 31.5 Å². The first-order chi connectivity index (χ1) is 17.3. The molecule has 0 saturated carbocycles. The van der Waals surface area contributed by atoms with Crippen LogP contribution in [0.1, 0.15) is 37.5 Å². The Morgan fingerprint density at radius 2 is 1.92 bits per heavy atom. The van der Waals surface area contributed by atoms with Gasteiger partial charge in [-0.2, -0.15) is 10.2 Å². The third-order valence-corrected chi connectivity index (χ3v) is 5.96. The average molecular weight is 490 g/mol. The molecule has 9 heteroatoms. The molecule has 2 heterocycles. The molecule has 0 aliphatic carbocycles. The minimum atomic E-state index is -0.557. The van der Waals surface area contributed by atoms with Gasteiger partial charge in [0.1, 0.15) is 11.8 Å². The van der Waals surface area contributed by atoms with Gasteiger partial charge in [-0.15, -0.1) is 0 Å². The summed E-state index contributed by atoms with van der Waals surface area (Å²) in [5.74, 6) is 1.26. The van der Waals surface area contributed by atoms with Gasteiger partial charge in [-0.1, -0.05) is 17.3 Å². The van der Waals surface area contributed by atoms with E-state index < -0.39 is 6.10 Å². The number of hydrogen-bond acceptors (Lipinski definition) is 8. The number of ether oxygens (including phenoxy) is 1. The van der Waals surface area contributed by atoms with Crippen molar-refractivity contribution in [3.8, 4) is 34.7 Å². The van der Waals surface area contributed by atoms with Gasteiger partial charge in [-0.05, 0) is 69.0 Å². The van der Waals surface area contributed by atoms with E-state index in [2.05, 4.69) is 38.6 Å². The van der Waals surface area contributed by atoms with Crippen molar-refractivity contribution in [2.75, 3.05) is 26.2 Å². The molecular formula is C27H31N5O4. The molecule has 0 spiro atoms. The summed E-state index contributed by atoms with van der Waals surface area (Å²) in [7, 11) is 0. The Balaban J connectivity index is 1.46. The van der Waals surface area contributed by atoms with E-state index in [1.54, 1.807) is 25.1 Å². The summed E-state index contributed by atoms with van der Waals surface area (Å²) in [4.78, 5) is 18.8. The number of nitriles is 1. The molecule has 0 fully saturated rings. The fraction of sp³-hybridized carbons (Fsp3) is 0.407. The smallest absolute Gasteiger partial charge is 0.258 e. The highest BCUT2D eigenvalue weighted by Gasteiger charge is 2.19. The molecule has 36 heavy (non-hydrogen) atoms. The molecule has 0 saturated heterocycles. The molecule has 1 atom stereocenters. The molecule has 0 unspecified atom stereocenters. The Hall–Kier alpha value is -3.74. The molecule has 188 valence electrons. The van der Waals surface area contributed by atoms with Crippen LogP contribution in [0.3, 0.4) is 0 Å². The van der Waals surface area contributed by atoms with Crippen molar-refractivity contribution in [2.45, 2.75) is 45.8 Å². The first-order valence-corrected chi connectivity index (χ1v) is 12.2. The van der Waals surface area contributed by atoms with Crippen LogP contribution in [-0.2, 0) is 17.6 Å². The minimum absolute atomic E-state index is 0.0366. The predicted octanol–water partition coefficient (Wildman–Crippen LogP) is 2.96. The highest BCUT2D eigenvalue weighted by Crippen LogP contribution is 2.29. The quantitative estimate of drug-likeness (QED) is 0.495. The molecule has 3 aromatic rings. The minimum Gasteiger partial charge on any atom is -0.490 e. The maximum Gasteiger partial charge on any atom is 0.258 e. The van der Waals surface area contributed by atoms with Crippen molar-refractivity contribution in [2.24, 2.45) is 0 Å². The molecule has 1 aliphatic rings. The fourth-order valence-corrected chi connectivity index (χ4v) is 4.15. The molecule has 1 amide bonds. The maximum absolute atomic E-state index is 12.1. The third kappa shape index (κ3) is 6.27. The lowest BCUT2D eigenvalue weighted by Crippen LogP contribution is -2.40. The van der Waals surface area contributed by atoms with Gasteiger partial charge in [-0.25, -0.2) is 0 Å². The van der Waals surface area contributed by atoms with Crippen LogP contribution in [0.5, 0.6) is 5.75 Å². The zero-order valence-corrected chi connectivity index (χ0v) is 20.8. The number of carbonyl (C=O) groups is 1. The number of hydrogen-bond donors (Lipinski definition) is 2. The van der Waals surface area contributed by atoms with Crippen molar-refractivity contribution in [1.29, 1.82) is 5.26 Å². The zero-order chi connectivity index (χ0) is 25.7. The normalized spacial score (nSPS) is 14.6. The van der Waals surface area contributed by atoms with Crippen LogP contribution >= 0.6 is 0 Å². The lowest BCUT2D eigenvalue weighted by Gasteiger charge is -2.19. The van der Waals surface area contributed by atoms with Crippen LogP contribution in [-0.4, -0.2) is 64.4 Å². The van der Waals surface area contributed by atoms with Gasteiger partial charge in [0, 0.05) is 30.8 Å². The van der Waals surface area contributed by atoms with Crippen molar-refractivity contribution >= 4 is 5.91 Å². The second-order valence-electron chi connectivity index (χ2n) is 9.33. The highest BCUT2D eigenvalue weighted by molar-refractivity contribution is 5.78. The Labute approximate surface area is 210 Å². The van der Waals surface area contributed by atoms with E-state index >= 15 is 0 Å². The molecule has 0 radical (unpaired) electrons. The summed E-state index contributed by atoms with van der Waals surface area (Å²) in [6.07, 6.45) is 1.06. The number of benzene rings is 2. The number of aliphatic hydroxyl groups excluding tert-OH is 1. The van der Waals surface area contributed by atoms with Crippen molar-refractivity contribution in [1.82, 2.24) is 20.4 Å². The number of amides is 1. The molecule has 2 N–H and O–H groups in total. The molecule has 0 bridgehead atoms. The van der Waals surface area contributed by atoms with E-state index in [-0.39, 0.29) is 18.6 Å². The van der Waals surface area contributed by atoms with Crippen LogP contribution in [0, 0.1) is 11.3 Å². The van der Waals surface area contributed by atoms with Crippen molar-refractivity contribution in [3.63, 3.8) is 0 Å². The lowest BCUT2D eigenvalue weighted by atomic mass is 10.00. The SMILES string of the molecule is CC(C)Oc1ccc(-c2nc(-c3ccc4c(c3)CCN(CC(=O)NC[C@H](C)O)CC4)no2)cc1C#N. The van der Waals surface area contributed by atoms with Crippen LogP contribution in [0.25, 0.3) is 22.8 Å². The van der Waals surface area contributed by atoms with Crippen LogP contribution in [0.15, 0.2) is 40.9 Å². The predicted molar refractivity (Wildman–Crippen MR) is 134 cm³/mol. The van der Waals surface area contributed by atoms with E-state index in [1.807, 2.05) is 19.9 Å². The first-order valence-electron chi connectivity index (χ1n) is 12.2. The van der Waals surface area contributed by atoms with E-state index in [1.165, 1.54) is 11.1 Å². The van der Waals surface area contributed by atoms with Gasteiger partial charge >= 0.3 is 0 Å². The molecule has 4 rings (SSSR count). The highest BCUT2D eigenvalue weighted by atomic mass is 16.5. The Kier molecular flexibility index (Phi) is 7.98. The number of nitrogens with one attached hydrogen (secondary N) is 1. The molecular weight excluding hydrogens is 458 g/mol. The number of nitrogens with zero attached hydrogens (tertiary/aromatic N) is 4. The van der Waals surface area contributed by atoms with E-state index in [0.29, 0.717) is 35.1 Å². The van der Waals surface area contributed by atoms with E-state index in [9.17, 15) is 15.2 Å². The third-order valence-electron chi connectivity index (χ3n) is 5.96. The molecule has 1 aromatic heterocycles. The maximum atomic E-state index is 12.1. The van der Waals surface area contributed by atoms with Gasteiger partial charge in [0.15, 0.2) is 0 Å². The van der Waals surface area contributed by atoms with Gasteiger partial charge < -0.3 is 19.7 Å². The van der Waals surface area contributed by atoms with Crippen LogP contribution < -0.4 is 10.1 Å². The number of fused-ring (bicyclic) bond motifs is 1. The van der Waals surface area contributed by atoms with Gasteiger partial charge in [0.05, 0.1) is 24.3 Å².